The summed E-state index contributed by atoms with van der Waals surface area (Å²) in [5.74, 6) is 1.47. The molecule has 0 unspecified atom stereocenters. The summed E-state index contributed by atoms with van der Waals surface area (Å²) in [4.78, 5) is 13.7. The highest BCUT2D eigenvalue weighted by Gasteiger charge is 2.11. The van der Waals surface area contributed by atoms with Crippen molar-refractivity contribution in [1.82, 2.24) is 10.1 Å². The molecule has 1 aromatic heterocycles. The van der Waals surface area contributed by atoms with Gasteiger partial charge in [-0.3, -0.25) is 4.79 Å². The molecule has 2 rings (SSSR count). The van der Waals surface area contributed by atoms with E-state index in [1.165, 1.54) is 0 Å². The first kappa shape index (κ1) is 16.3. The number of nitrogens with zero attached hydrogens (tertiary/aromatic N) is 2. The molecule has 2 aromatic rings. The first-order chi connectivity index (χ1) is 10.6. The predicted octanol–water partition coefficient (Wildman–Crippen LogP) is 3.78. The standard InChI is InChI=1S/C18H24N2O2/c1-14(2)12-18(21)20(3)11-7-10-16-13-17(19-22-16)15-8-5-4-6-9-15/h4-6,8-9,13-14H,7,10-12H2,1-3H3. The Hall–Kier alpha value is -2.10. The van der Waals surface area contributed by atoms with E-state index in [-0.39, 0.29) is 5.91 Å². The number of amides is 1. The van der Waals surface area contributed by atoms with Crippen molar-refractivity contribution < 1.29 is 9.32 Å². The third-order valence-electron chi connectivity index (χ3n) is 3.55. The van der Waals surface area contributed by atoms with Crippen molar-refractivity contribution in [3.05, 3.63) is 42.2 Å². The summed E-state index contributed by atoms with van der Waals surface area (Å²) >= 11 is 0. The van der Waals surface area contributed by atoms with E-state index in [4.69, 9.17) is 4.52 Å². The lowest BCUT2D eigenvalue weighted by Crippen LogP contribution is -2.28. The maximum atomic E-state index is 11.9. The lowest BCUT2D eigenvalue weighted by atomic mass is 10.1. The average molecular weight is 300 g/mol. The summed E-state index contributed by atoms with van der Waals surface area (Å²) in [7, 11) is 1.86. The molecule has 1 heterocycles. The van der Waals surface area contributed by atoms with Gasteiger partial charge in [-0.15, -0.1) is 0 Å². The van der Waals surface area contributed by atoms with Crippen LogP contribution in [0, 0.1) is 5.92 Å². The molecule has 118 valence electrons. The van der Waals surface area contributed by atoms with Crippen LogP contribution in [0.25, 0.3) is 11.3 Å². The van der Waals surface area contributed by atoms with E-state index >= 15 is 0 Å². The van der Waals surface area contributed by atoms with Gasteiger partial charge in [0.05, 0.1) is 0 Å². The first-order valence-corrected chi connectivity index (χ1v) is 7.81. The zero-order valence-corrected chi connectivity index (χ0v) is 13.6. The maximum Gasteiger partial charge on any atom is 0.222 e. The molecule has 4 nitrogen and oxygen atoms in total. The fourth-order valence-electron chi connectivity index (χ4n) is 2.30. The Morgan fingerprint density at radius 1 is 1.27 bits per heavy atom. The summed E-state index contributed by atoms with van der Waals surface area (Å²) < 4.78 is 5.37. The predicted molar refractivity (Wildman–Crippen MR) is 87.4 cm³/mol. The fraction of sp³-hybridized carbons (Fsp3) is 0.444. The van der Waals surface area contributed by atoms with Gasteiger partial charge in [0.15, 0.2) is 0 Å². The number of rotatable bonds is 7. The molecule has 1 amide bonds. The van der Waals surface area contributed by atoms with E-state index in [9.17, 15) is 4.79 Å². The van der Waals surface area contributed by atoms with Crippen LogP contribution in [0.4, 0.5) is 0 Å². The number of hydrogen-bond donors (Lipinski definition) is 0. The number of carbonyl (C=O) groups is 1. The molecule has 0 radical (unpaired) electrons. The van der Waals surface area contributed by atoms with Crippen molar-refractivity contribution >= 4 is 5.91 Å². The molecule has 0 fully saturated rings. The van der Waals surface area contributed by atoms with Crippen LogP contribution in [0.2, 0.25) is 0 Å². The molecular weight excluding hydrogens is 276 g/mol. The van der Waals surface area contributed by atoms with Gasteiger partial charge in [-0.1, -0.05) is 49.3 Å². The second kappa shape index (κ2) is 7.78. The molecule has 0 N–H and O–H groups in total. The van der Waals surface area contributed by atoms with Crippen LogP contribution in [-0.4, -0.2) is 29.6 Å². The highest BCUT2D eigenvalue weighted by atomic mass is 16.5. The van der Waals surface area contributed by atoms with Gasteiger partial charge in [0, 0.05) is 38.1 Å². The molecule has 0 aliphatic rings. The SMILES string of the molecule is CC(C)CC(=O)N(C)CCCc1cc(-c2ccccc2)no1. The monoisotopic (exact) mass is 300 g/mol. The molecule has 0 aliphatic heterocycles. The third-order valence-corrected chi connectivity index (χ3v) is 3.55. The zero-order chi connectivity index (χ0) is 15.9. The quantitative estimate of drug-likeness (QED) is 0.781. The van der Waals surface area contributed by atoms with Crippen molar-refractivity contribution in [2.45, 2.75) is 33.1 Å². The lowest BCUT2D eigenvalue weighted by molar-refractivity contribution is -0.130. The molecule has 0 aliphatic carbocycles. The van der Waals surface area contributed by atoms with Crippen LogP contribution in [0.3, 0.4) is 0 Å². The molecule has 0 saturated carbocycles. The van der Waals surface area contributed by atoms with Crippen LogP contribution in [0.5, 0.6) is 0 Å². The van der Waals surface area contributed by atoms with Gasteiger partial charge < -0.3 is 9.42 Å². The van der Waals surface area contributed by atoms with Crippen LogP contribution in [0.15, 0.2) is 40.9 Å². The van der Waals surface area contributed by atoms with Gasteiger partial charge in [-0.2, -0.15) is 0 Å². The van der Waals surface area contributed by atoms with E-state index in [1.807, 2.05) is 43.4 Å². The topological polar surface area (TPSA) is 46.3 Å². The minimum Gasteiger partial charge on any atom is -0.361 e. The molecule has 22 heavy (non-hydrogen) atoms. The molecule has 4 heteroatoms. The van der Waals surface area contributed by atoms with Crippen LogP contribution in [-0.2, 0) is 11.2 Å². The van der Waals surface area contributed by atoms with E-state index < -0.39 is 0 Å². The Morgan fingerprint density at radius 3 is 2.68 bits per heavy atom. The van der Waals surface area contributed by atoms with Crippen molar-refractivity contribution in [1.29, 1.82) is 0 Å². The van der Waals surface area contributed by atoms with Crippen molar-refractivity contribution in [2.75, 3.05) is 13.6 Å². The minimum absolute atomic E-state index is 0.206. The Kier molecular flexibility index (Phi) is 5.75. The fourth-order valence-corrected chi connectivity index (χ4v) is 2.30. The number of aromatic nitrogens is 1. The maximum absolute atomic E-state index is 11.9. The van der Waals surface area contributed by atoms with E-state index in [0.29, 0.717) is 12.3 Å². The van der Waals surface area contributed by atoms with Crippen molar-refractivity contribution in [3.8, 4) is 11.3 Å². The highest BCUT2D eigenvalue weighted by molar-refractivity contribution is 5.76. The highest BCUT2D eigenvalue weighted by Crippen LogP contribution is 2.19. The summed E-state index contributed by atoms with van der Waals surface area (Å²) in [6.07, 6.45) is 2.28. The summed E-state index contributed by atoms with van der Waals surface area (Å²) in [6.45, 7) is 4.86. The first-order valence-electron chi connectivity index (χ1n) is 7.81. The van der Waals surface area contributed by atoms with Crippen molar-refractivity contribution in [2.24, 2.45) is 5.92 Å². The summed E-state index contributed by atoms with van der Waals surface area (Å²) in [5, 5.41) is 4.10. The van der Waals surface area contributed by atoms with Gasteiger partial charge in [-0.25, -0.2) is 0 Å². The zero-order valence-electron chi connectivity index (χ0n) is 13.6. The van der Waals surface area contributed by atoms with E-state index in [0.717, 1.165) is 36.4 Å². The number of benzene rings is 1. The van der Waals surface area contributed by atoms with Gasteiger partial charge in [0.25, 0.3) is 0 Å². The molecule has 0 saturated heterocycles. The van der Waals surface area contributed by atoms with Gasteiger partial charge in [-0.05, 0) is 12.3 Å². The minimum atomic E-state index is 0.206. The van der Waals surface area contributed by atoms with Gasteiger partial charge in [0.1, 0.15) is 11.5 Å². The normalized spacial score (nSPS) is 10.9. The molecule has 0 atom stereocenters. The van der Waals surface area contributed by atoms with Gasteiger partial charge in [0.2, 0.25) is 5.91 Å². The molecular formula is C18H24N2O2. The Labute approximate surface area is 132 Å². The average Bonchev–Trinajstić information content (AvgIpc) is 2.96. The third kappa shape index (κ3) is 4.72. The van der Waals surface area contributed by atoms with Crippen LogP contribution in [0.1, 0.15) is 32.4 Å². The summed E-state index contributed by atoms with van der Waals surface area (Å²) in [6, 6.07) is 12.0. The van der Waals surface area contributed by atoms with Crippen LogP contribution < -0.4 is 0 Å². The number of carbonyl (C=O) groups excluding carboxylic acids is 1. The van der Waals surface area contributed by atoms with E-state index in [1.54, 1.807) is 4.90 Å². The lowest BCUT2D eigenvalue weighted by Gasteiger charge is -2.17. The summed E-state index contributed by atoms with van der Waals surface area (Å²) in [5.41, 5.74) is 1.92. The second-order valence-corrected chi connectivity index (χ2v) is 6.06. The van der Waals surface area contributed by atoms with Crippen LogP contribution >= 0.6 is 0 Å². The molecule has 1 aromatic carbocycles. The largest absolute Gasteiger partial charge is 0.361 e. The Balaban J connectivity index is 1.81. The van der Waals surface area contributed by atoms with Crippen molar-refractivity contribution in [3.63, 3.8) is 0 Å². The smallest absolute Gasteiger partial charge is 0.222 e. The van der Waals surface area contributed by atoms with E-state index in [2.05, 4.69) is 19.0 Å². The number of hydrogen-bond acceptors (Lipinski definition) is 3. The second-order valence-electron chi connectivity index (χ2n) is 6.06. The molecule has 0 bridgehead atoms. The Bertz CT molecular complexity index is 590. The molecule has 0 spiro atoms. The number of aryl methyl sites for hydroxylation is 1. The van der Waals surface area contributed by atoms with Gasteiger partial charge >= 0.3 is 0 Å². The Morgan fingerprint density at radius 2 is 2.00 bits per heavy atom.